The van der Waals surface area contributed by atoms with E-state index in [4.69, 9.17) is 0 Å². The van der Waals surface area contributed by atoms with Crippen molar-refractivity contribution in [3.05, 3.63) is 22.9 Å². The molecule has 0 bridgehead atoms. The van der Waals surface area contributed by atoms with Crippen molar-refractivity contribution in [1.29, 1.82) is 5.26 Å². The molecule has 1 heterocycles. The lowest BCUT2D eigenvalue weighted by Crippen LogP contribution is -2.32. The fourth-order valence-corrected chi connectivity index (χ4v) is 2.44. The molecule has 1 aromatic heterocycles. The Morgan fingerprint density at radius 2 is 2.24 bits per heavy atom. The molecule has 1 N–H and O–H groups in total. The van der Waals surface area contributed by atoms with Gasteiger partial charge in [-0.2, -0.15) is 5.26 Å². The van der Waals surface area contributed by atoms with E-state index in [0.717, 1.165) is 17.3 Å². The molecule has 1 saturated carbocycles. The maximum absolute atomic E-state index is 12.1. The van der Waals surface area contributed by atoms with E-state index in [9.17, 15) is 10.1 Å². The van der Waals surface area contributed by atoms with Crippen molar-refractivity contribution < 1.29 is 4.79 Å². The monoisotopic (exact) mass is 293 g/mol. The van der Waals surface area contributed by atoms with Gasteiger partial charge in [0.1, 0.15) is 5.41 Å². The van der Waals surface area contributed by atoms with E-state index in [2.05, 4.69) is 32.3 Å². The average molecular weight is 294 g/mol. The Labute approximate surface area is 108 Å². The first-order valence-corrected chi connectivity index (χ1v) is 6.29. The van der Waals surface area contributed by atoms with Crippen molar-refractivity contribution >= 4 is 27.5 Å². The van der Waals surface area contributed by atoms with Crippen molar-refractivity contribution in [1.82, 2.24) is 4.98 Å². The average Bonchev–Trinajstić information content (AvgIpc) is 2.82. The van der Waals surface area contributed by atoms with E-state index in [0.29, 0.717) is 18.5 Å². The van der Waals surface area contributed by atoms with Crippen LogP contribution in [0.3, 0.4) is 0 Å². The third-order valence-electron chi connectivity index (χ3n) is 3.13. The first kappa shape index (κ1) is 12.1. The van der Waals surface area contributed by atoms with E-state index in [1.54, 1.807) is 18.5 Å². The Morgan fingerprint density at radius 3 is 2.82 bits per heavy atom. The minimum Gasteiger partial charge on any atom is -0.324 e. The van der Waals surface area contributed by atoms with Crippen LogP contribution >= 0.6 is 15.9 Å². The van der Waals surface area contributed by atoms with Crippen LogP contribution in [-0.2, 0) is 4.79 Å². The predicted octanol–water partition coefficient (Wildman–Crippen LogP) is 2.87. The predicted molar refractivity (Wildman–Crippen MR) is 67.1 cm³/mol. The SMILES string of the molecule is N#CC1(C(=O)Nc2ccncc2Br)CCCC1. The second kappa shape index (κ2) is 4.84. The Balaban J connectivity index is 2.17. The Bertz CT molecular complexity index is 475. The molecule has 0 unspecified atom stereocenters. The minimum atomic E-state index is -0.845. The quantitative estimate of drug-likeness (QED) is 0.912. The van der Waals surface area contributed by atoms with Crippen LogP contribution in [0.4, 0.5) is 5.69 Å². The van der Waals surface area contributed by atoms with Crippen molar-refractivity contribution in [3.8, 4) is 6.07 Å². The highest BCUT2D eigenvalue weighted by molar-refractivity contribution is 9.10. The summed E-state index contributed by atoms with van der Waals surface area (Å²) in [5, 5.41) is 12.0. The number of amides is 1. The van der Waals surface area contributed by atoms with Crippen LogP contribution in [0.5, 0.6) is 0 Å². The zero-order valence-electron chi connectivity index (χ0n) is 9.24. The van der Waals surface area contributed by atoms with Gasteiger partial charge >= 0.3 is 0 Å². The molecule has 1 aliphatic carbocycles. The molecule has 1 amide bonds. The topological polar surface area (TPSA) is 65.8 Å². The minimum absolute atomic E-state index is 0.204. The third-order valence-corrected chi connectivity index (χ3v) is 3.76. The summed E-state index contributed by atoms with van der Waals surface area (Å²) in [5.41, 5.74) is -0.186. The molecule has 0 aliphatic heterocycles. The lowest BCUT2D eigenvalue weighted by atomic mass is 9.87. The molecule has 1 fully saturated rings. The fraction of sp³-hybridized carbons (Fsp3) is 0.417. The number of aromatic nitrogens is 1. The highest BCUT2D eigenvalue weighted by Gasteiger charge is 2.41. The highest BCUT2D eigenvalue weighted by Crippen LogP contribution is 2.38. The summed E-state index contributed by atoms with van der Waals surface area (Å²) in [6.07, 6.45) is 6.41. The van der Waals surface area contributed by atoms with E-state index >= 15 is 0 Å². The number of nitrogens with zero attached hydrogens (tertiary/aromatic N) is 2. The van der Waals surface area contributed by atoms with Crippen molar-refractivity contribution in [3.63, 3.8) is 0 Å². The van der Waals surface area contributed by atoms with Gasteiger partial charge in [0, 0.05) is 12.4 Å². The maximum atomic E-state index is 12.1. The number of halogens is 1. The summed E-state index contributed by atoms with van der Waals surface area (Å²) < 4.78 is 0.722. The summed E-state index contributed by atoms with van der Waals surface area (Å²) in [5.74, 6) is -0.204. The van der Waals surface area contributed by atoms with Gasteiger partial charge in [0.05, 0.1) is 16.2 Å². The van der Waals surface area contributed by atoms with Gasteiger partial charge in [0.15, 0.2) is 0 Å². The number of nitriles is 1. The van der Waals surface area contributed by atoms with Crippen LogP contribution in [0.15, 0.2) is 22.9 Å². The highest BCUT2D eigenvalue weighted by atomic mass is 79.9. The van der Waals surface area contributed by atoms with Crippen LogP contribution in [0.25, 0.3) is 0 Å². The van der Waals surface area contributed by atoms with Crippen LogP contribution in [-0.4, -0.2) is 10.9 Å². The number of pyridine rings is 1. The third kappa shape index (κ3) is 2.32. The lowest BCUT2D eigenvalue weighted by molar-refractivity contribution is -0.122. The standard InChI is InChI=1S/C12H12BrN3O/c13-9-7-15-6-3-10(9)16-11(17)12(8-14)4-1-2-5-12/h3,6-7H,1-2,4-5H2,(H,15,16,17). The van der Waals surface area contributed by atoms with Gasteiger partial charge in [-0.3, -0.25) is 9.78 Å². The molecule has 0 saturated heterocycles. The molecule has 0 aromatic carbocycles. The first-order valence-electron chi connectivity index (χ1n) is 5.50. The van der Waals surface area contributed by atoms with Gasteiger partial charge in [-0.05, 0) is 34.8 Å². The number of anilines is 1. The van der Waals surface area contributed by atoms with Crippen LogP contribution < -0.4 is 5.32 Å². The summed E-state index contributed by atoms with van der Waals surface area (Å²) in [6, 6.07) is 3.88. The van der Waals surface area contributed by atoms with Crippen molar-refractivity contribution in [2.75, 3.05) is 5.32 Å². The Morgan fingerprint density at radius 1 is 1.53 bits per heavy atom. The molecule has 17 heavy (non-hydrogen) atoms. The van der Waals surface area contributed by atoms with Gasteiger partial charge in [0.2, 0.25) is 5.91 Å². The second-order valence-corrected chi connectivity index (χ2v) is 5.06. The molecular weight excluding hydrogens is 282 g/mol. The smallest absolute Gasteiger partial charge is 0.244 e. The Kier molecular flexibility index (Phi) is 3.43. The number of hydrogen-bond donors (Lipinski definition) is 1. The summed E-state index contributed by atoms with van der Waals surface area (Å²) >= 11 is 3.31. The molecule has 5 heteroatoms. The molecule has 2 rings (SSSR count). The molecule has 88 valence electrons. The van der Waals surface area contributed by atoms with Crippen LogP contribution in [0.2, 0.25) is 0 Å². The number of hydrogen-bond acceptors (Lipinski definition) is 3. The number of carbonyl (C=O) groups is 1. The number of carbonyl (C=O) groups excluding carboxylic acids is 1. The number of nitrogens with one attached hydrogen (secondary N) is 1. The largest absolute Gasteiger partial charge is 0.324 e. The van der Waals surface area contributed by atoms with Crippen molar-refractivity contribution in [2.45, 2.75) is 25.7 Å². The van der Waals surface area contributed by atoms with Crippen molar-refractivity contribution in [2.24, 2.45) is 5.41 Å². The van der Waals surface area contributed by atoms with E-state index < -0.39 is 5.41 Å². The first-order chi connectivity index (χ1) is 8.18. The lowest BCUT2D eigenvalue weighted by Gasteiger charge is -2.19. The van der Waals surface area contributed by atoms with Gasteiger partial charge in [0.25, 0.3) is 0 Å². The van der Waals surface area contributed by atoms with E-state index in [-0.39, 0.29) is 5.91 Å². The molecule has 0 spiro atoms. The van der Waals surface area contributed by atoms with E-state index in [1.807, 2.05) is 0 Å². The van der Waals surface area contributed by atoms with Gasteiger partial charge in [-0.15, -0.1) is 0 Å². The van der Waals surface area contributed by atoms with Crippen LogP contribution in [0, 0.1) is 16.7 Å². The molecule has 4 nitrogen and oxygen atoms in total. The van der Waals surface area contributed by atoms with Gasteiger partial charge < -0.3 is 5.32 Å². The summed E-state index contributed by atoms with van der Waals surface area (Å²) in [7, 11) is 0. The second-order valence-electron chi connectivity index (χ2n) is 4.21. The summed E-state index contributed by atoms with van der Waals surface area (Å²) in [4.78, 5) is 16.1. The molecule has 0 radical (unpaired) electrons. The fourth-order valence-electron chi connectivity index (χ4n) is 2.09. The Hall–Kier alpha value is -1.41. The van der Waals surface area contributed by atoms with Gasteiger partial charge in [-0.1, -0.05) is 12.8 Å². The molecular formula is C12H12BrN3O. The van der Waals surface area contributed by atoms with Crippen LogP contribution in [0.1, 0.15) is 25.7 Å². The maximum Gasteiger partial charge on any atom is 0.244 e. The molecule has 1 aromatic rings. The zero-order chi connectivity index (χ0) is 12.3. The zero-order valence-corrected chi connectivity index (χ0v) is 10.8. The summed E-state index contributed by atoms with van der Waals surface area (Å²) in [6.45, 7) is 0. The number of rotatable bonds is 2. The van der Waals surface area contributed by atoms with Gasteiger partial charge in [-0.25, -0.2) is 0 Å². The molecule has 0 atom stereocenters. The molecule has 1 aliphatic rings. The normalized spacial score (nSPS) is 17.4. The van der Waals surface area contributed by atoms with E-state index in [1.165, 1.54) is 0 Å².